The lowest BCUT2D eigenvalue weighted by molar-refractivity contribution is 0.253. The molecule has 84 valence electrons. The molecular weight excluding hydrogens is 204 g/mol. The number of aliphatic hydroxyl groups is 1. The summed E-state index contributed by atoms with van der Waals surface area (Å²) in [4.78, 5) is 0. The topological polar surface area (TPSA) is 69.6 Å². The number of rotatable bonds is 4. The third-order valence-electron chi connectivity index (χ3n) is 2.47. The van der Waals surface area contributed by atoms with E-state index in [4.69, 9.17) is 5.11 Å². The maximum absolute atomic E-state index is 11.2. The molecule has 2 N–H and O–H groups in total. The molecule has 0 amide bonds. The monoisotopic (exact) mass is 222 g/mol. The van der Waals surface area contributed by atoms with Crippen LogP contribution in [0.15, 0.2) is 0 Å². The van der Waals surface area contributed by atoms with Crippen LogP contribution in [-0.4, -0.2) is 56.4 Å². The maximum atomic E-state index is 11.2. The third-order valence-corrected chi connectivity index (χ3v) is 3.77. The summed E-state index contributed by atoms with van der Waals surface area (Å²) in [7, 11) is -3.01. The first-order valence-corrected chi connectivity index (χ1v) is 6.68. The molecule has 0 bridgehead atoms. The van der Waals surface area contributed by atoms with Crippen LogP contribution in [0.1, 0.15) is 12.8 Å². The Balaban J connectivity index is 2.31. The van der Waals surface area contributed by atoms with Crippen LogP contribution in [0, 0.1) is 0 Å². The minimum Gasteiger partial charge on any atom is -0.395 e. The Morgan fingerprint density at radius 3 is 2.43 bits per heavy atom. The highest BCUT2D eigenvalue weighted by Gasteiger charge is 2.24. The first-order valence-electron chi connectivity index (χ1n) is 4.83. The van der Waals surface area contributed by atoms with E-state index in [1.165, 1.54) is 10.6 Å². The van der Waals surface area contributed by atoms with Crippen molar-refractivity contribution in [1.29, 1.82) is 0 Å². The molecule has 1 saturated heterocycles. The number of nitrogens with one attached hydrogen (secondary N) is 1. The van der Waals surface area contributed by atoms with Crippen LogP contribution in [0.5, 0.6) is 0 Å². The lowest BCUT2D eigenvalue weighted by Gasteiger charge is -2.30. The molecule has 14 heavy (non-hydrogen) atoms. The van der Waals surface area contributed by atoms with E-state index in [9.17, 15) is 8.42 Å². The highest BCUT2D eigenvalue weighted by Crippen LogP contribution is 2.12. The Kier molecular flexibility index (Phi) is 4.31. The van der Waals surface area contributed by atoms with Gasteiger partial charge in [-0.05, 0) is 12.8 Å². The minimum atomic E-state index is -3.01. The first kappa shape index (κ1) is 11.9. The van der Waals surface area contributed by atoms with E-state index in [-0.39, 0.29) is 6.61 Å². The molecule has 0 radical (unpaired) electrons. The van der Waals surface area contributed by atoms with Gasteiger partial charge < -0.3 is 10.4 Å². The Morgan fingerprint density at radius 1 is 1.43 bits per heavy atom. The van der Waals surface area contributed by atoms with Crippen molar-refractivity contribution in [2.75, 3.05) is 32.5 Å². The van der Waals surface area contributed by atoms with Crippen molar-refractivity contribution in [3.8, 4) is 0 Å². The van der Waals surface area contributed by atoms with E-state index in [1.807, 2.05) is 0 Å². The van der Waals surface area contributed by atoms with Gasteiger partial charge in [0.05, 0.1) is 12.9 Å². The minimum absolute atomic E-state index is 0.131. The van der Waals surface area contributed by atoms with Gasteiger partial charge in [0.15, 0.2) is 0 Å². The van der Waals surface area contributed by atoms with Crippen molar-refractivity contribution in [1.82, 2.24) is 9.62 Å². The van der Waals surface area contributed by atoms with Gasteiger partial charge in [-0.15, -0.1) is 0 Å². The van der Waals surface area contributed by atoms with Crippen LogP contribution in [0.2, 0.25) is 0 Å². The van der Waals surface area contributed by atoms with Gasteiger partial charge in [0.1, 0.15) is 0 Å². The first-order chi connectivity index (χ1) is 6.54. The fraction of sp³-hybridized carbons (Fsp3) is 1.00. The van der Waals surface area contributed by atoms with Crippen molar-refractivity contribution < 1.29 is 13.5 Å². The fourth-order valence-electron chi connectivity index (χ4n) is 1.66. The summed E-state index contributed by atoms with van der Waals surface area (Å²) in [5.74, 6) is 0. The van der Waals surface area contributed by atoms with Crippen molar-refractivity contribution in [3.05, 3.63) is 0 Å². The molecule has 0 aromatic heterocycles. The largest absolute Gasteiger partial charge is 0.395 e. The van der Waals surface area contributed by atoms with Crippen LogP contribution in [0.4, 0.5) is 0 Å². The Morgan fingerprint density at radius 2 is 2.00 bits per heavy atom. The molecule has 1 aliphatic rings. The Labute approximate surface area is 85.2 Å². The van der Waals surface area contributed by atoms with Gasteiger partial charge in [-0.1, -0.05) is 0 Å². The molecule has 1 aliphatic heterocycles. The molecule has 0 unspecified atom stereocenters. The second kappa shape index (κ2) is 5.06. The lowest BCUT2D eigenvalue weighted by Crippen LogP contribution is -2.45. The number of nitrogens with zero attached hydrogens (tertiary/aromatic N) is 1. The van der Waals surface area contributed by atoms with Crippen LogP contribution < -0.4 is 5.32 Å². The van der Waals surface area contributed by atoms with Crippen molar-refractivity contribution in [2.24, 2.45) is 0 Å². The second-order valence-corrected chi connectivity index (χ2v) is 5.60. The van der Waals surface area contributed by atoms with Gasteiger partial charge >= 0.3 is 0 Å². The van der Waals surface area contributed by atoms with E-state index < -0.39 is 10.0 Å². The molecule has 0 aliphatic carbocycles. The zero-order chi connectivity index (χ0) is 10.6. The van der Waals surface area contributed by atoms with Gasteiger partial charge in [-0.2, -0.15) is 0 Å². The van der Waals surface area contributed by atoms with E-state index >= 15 is 0 Å². The predicted molar refractivity (Wildman–Crippen MR) is 54.5 cm³/mol. The van der Waals surface area contributed by atoms with Crippen LogP contribution in [0.3, 0.4) is 0 Å². The molecule has 0 spiro atoms. The lowest BCUT2D eigenvalue weighted by atomic mass is 10.1. The van der Waals surface area contributed by atoms with Crippen molar-refractivity contribution >= 4 is 10.0 Å². The molecule has 0 atom stereocenters. The molecule has 0 aromatic carbocycles. The average molecular weight is 222 g/mol. The van der Waals surface area contributed by atoms with Gasteiger partial charge in [0.2, 0.25) is 10.0 Å². The second-order valence-electron chi connectivity index (χ2n) is 3.61. The Hall–Kier alpha value is -0.170. The number of hydrogen-bond donors (Lipinski definition) is 2. The van der Waals surface area contributed by atoms with Crippen molar-refractivity contribution in [3.63, 3.8) is 0 Å². The molecule has 0 saturated carbocycles. The summed E-state index contributed by atoms with van der Waals surface area (Å²) in [5.41, 5.74) is 0. The maximum Gasteiger partial charge on any atom is 0.211 e. The SMILES string of the molecule is CS(=O)(=O)N1CCC(NCCO)CC1. The molecule has 1 rings (SSSR count). The molecule has 5 nitrogen and oxygen atoms in total. The predicted octanol–water partition coefficient (Wildman–Crippen LogP) is -1.01. The smallest absolute Gasteiger partial charge is 0.211 e. The molecular formula is C8H18N2O3S. The summed E-state index contributed by atoms with van der Waals surface area (Å²) in [6, 6.07) is 0.347. The standard InChI is InChI=1S/C8H18N2O3S/c1-14(12,13)10-5-2-8(3-6-10)9-4-7-11/h8-9,11H,2-7H2,1H3. The number of hydrogen-bond acceptors (Lipinski definition) is 4. The van der Waals surface area contributed by atoms with Crippen LogP contribution >= 0.6 is 0 Å². The average Bonchev–Trinajstić information content (AvgIpc) is 2.14. The number of piperidine rings is 1. The van der Waals surface area contributed by atoms with Crippen LogP contribution in [0.25, 0.3) is 0 Å². The summed E-state index contributed by atoms with van der Waals surface area (Å²) in [6.45, 7) is 1.89. The zero-order valence-electron chi connectivity index (χ0n) is 8.44. The third kappa shape index (κ3) is 3.53. The van der Waals surface area contributed by atoms with Gasteiger partial charge in [0.25, 0.3) is 0 Å². The van der Waals surface area contributed by atoms with Crippen molar-refractivity contribution in [2.45, 2.75) is 18.9 Å². The summed E-state index contributed by atoms with van der Waals surface area (Å²) >= 11 is 0. The van der Waals surface area contributed by atoms with Gasteiger partial charge in [-0.3, -0.25) is 0 Å². The molecule has 1 fully saturated rings. The number of aliphatic hydroxyl groups excluding tert-OH is 1. The van der Waals surface area contributed by atoms with Gasteiger partial charge in [-0.25, -0.2) is 12.7 Å². The molecule has 1 heterocycles. The summed E-state index contributed by atoms with van der Waals surface area (Å²) < 4.78 is 23.8. The van der Waals surface area contributed by atoms with Gasteiger partial charge in [0, 0.05) is 25.7 Å². The highest BCUT2D eigenvalue weighted by atomic mass is 32.2. The van der Waals surface area contributed by atoms with E-state index in [0.29, 0.717) is 25.7 Å². The molecule has 0 aromatic rings. The number of sulfonamides is 1. The normalized spacial score (nSPS) is 21.3. The van der Waals surface area contributed by atoms with E-state index in [0.717, 1.165) is 12.8 Å². The summed E-state index contributed by atoms with van der Waals surface area (Å²) in [6.07, 6.45) is 2.90. The van der Waals surface area contributed by atoms with Crippen LogP contribution in [-0.2, 0) is 10.0 Å². The van der Waals surface area contributed by atoms with E-state index in [1.54, 1.807) is 0 Å². The molecule has 6 heteroatoms. The van der Waals surface area contributed by atoms with E-state index in [2.05, 4.69) is 5.32 Å². The Bertz CT molecular complexity index is 258. The highest BCUT2D eigenvalue weighted by molar-refractivity contribution is 7.88. The zero-order valence-corrected chi connectivity index (χ0v) is 9.26. The fourth-order valence-corrected chi connectivity index (χ4v) is 2.53. The quantitative estimate of drug-likeness (QED) is 0.639. The summed E-state index contributed by atoms with van der Waals surface area (Å²) in [5, 5.41) is 11.8.